The van der Waals surface area contributed by atoms with Gasteiger partial charge in [0.15, 0.2) is 0 Å². The first kappa shape index (κ1) is 14.8. The van der Waals surface area contributed by atoms with Crippen molar-refractivity contribution in [2.24, 2.45) is 0 Å². The highest BCUT2D eigenvalue weighted by Crippen LogP contribution is 2.34. The molecule has 0 unspecified atom stereocenters. The molecule has 2 fully saturated rings. The fourth-order valence-electron chi connectivity index (χ4n) is 3.93. The van der Waals surface area contributed by atoms with Gasteiger partial charge in [0, 0.05) is 31.4 Å². The molecule has 1 atom stereocenters. The topological polar surface area (TPSA) is 19.4 Å². The van der Waals surface area contributed by atoms with Crippen LogP contribution in [0.1, 0.15) is 63.1 Å². The molecule has 116 valence electrons. The van der Waals surface area contributed by atoms with E-state index in [4.69, 9.17) is 4.98 Å². The molecule has 0 bridgehead atoms. The van der Waals surface area contributed by atoms with Crippen molar-refractivity contribution in [2.45, 2.75) is 65.0 Å². The van der Waals surface area contributed by atoms with Gasteiger partial charge < -0.3 is 4.90 Å². The average Bonchev–Trinajstić information content (AvgIpc) is 3.01. The zero-order valence-electron chi connectivity index (χ0n) is 13.8. The second-order valence-corrected chi connectivity index (χ2v) is 6.94. The third-order valence-corrected chi connectivity index (χ3v) is 5.13. The molecule has 0 amide bonds. The van der Waals surface area contributed by atoms with Gasteiger partial charge in [0.1, 0.15) is 5.82 Å². The van der Waals surface area contributed by atoms with Crippen LogP contribution in [-0.2, 0) is 0 Å². The maximum Gasteiger partial charge on any atom is 0.128 e. The minimum absolute atomic E-state index is 0.568. The van der Waals surface area contributed by atoms with Crippen molar-refractivity contribution >= 4 is 5.82 Å². The lowest BCUT2D eigenvalue weighted by Crippen LogP contribution is -2.38. The molecule has 0 aliphatic carbocycles. The molecule has 0 aromatic carbocycles. The van der Waals surface area contributed by atoms with Gasteiger partial charge in [-0.3, -0.25) is 4.90 Å². The number of piperidine rings is 1. The van der Waals surface area contributed by atoms with Crippen molar-refractivity contribution in [3.8, 4) is 0 Å². The summed E-state index contributed by atoms with van der Waals surface area (Å²) in [6.45, 7) is 10.5. The largest absolute Gasteiger partial charge is 0.357 e. The Morgan fingerprint density at radius 2 is 1.81 bits per heavy atom. The third-order valence-electron chi connectivity index (χ3n) is 5.13. The van der Waals surface area contributed by atoms with Crippen molar-refractivity contribution < 1.29 is 0 Å². The maximum atomic E-state index is 4.79. The molecular formula is C18H29N3. The quantitative estimate of drug-likeness (QED) is 0.840. The zero-order chi connectivity index (χ0) is 14.8. The third kappa shape index (κ3) is 3.08. The second-order valence-electron chi connectivity index (χ2n) is 6.94. The van der Waals surface area contributed by atoms with Crippen molar-refractivity contribution in [2.75, 3.05) is 24.5 Å². The Morgan fingerprint density at radius 1 is 1.10 bits per heavy atom. The lowest BCUT2D eigenvalue weighted by Gasteiger charge is -2.39. The Balaban J connectivity index is 1.84. The molecule has 3 nitrogen and oxygen atoms in total. The van der Waals surface area contributed by atoms with Crippen LogP contribution in [0.2, 0.25) is 0 Å². The molecule has 1 aromatic heterocycles. The van der Waals surface area contributed by atoms with Crippen LogP contribution >= 0.6 is 0 Å². The molecule has 21 heavy (non-hydrogen) atoms. The molecule has 0 N–H and O–H groups in total. The Kier molecular flexibility index (Phi) is 4.48. The van der Waals surface area contributed by atoms with Gasteiger partial charge in [-0.15, -0.1) is 0 Å². The number of anilines is 1. The second kappa shape index (κ2) is 6.35. The van der Waals surface area contributed by atoms with Gasteiger partial charge in [-0.25, -0.2) is 4.98 Å². The summed E-state index contributed by atoms with van der Waals surface area (Å²) in [5.41, 5.74) is 2.87. The maximum absolute atomic E-state index is 4.79. The molecular weight excluding hydrogens is 258 g/mol. The standard InChI is InChI=1S/C18H29N3/c1-14(2)21-11-5-4-8-17(21)16-13-19-18(12-15(16)3)20-9-6-7-10-20/h12-14,17H,4-11H2,1-3H3/t17-/m1/s1. The number of aromatic nitrogens is 1. The summed E-state index contributed by atoms with van der Waals surface area (Å²) in [4.78, 5) is 9.87. The van der Waals surface area contributed by atoms with E-state index in [0.717, 1.165) is 0 Å². The molecule has 0 spiro atoms. The van der Waals surface area contributed by atoms with Crippen molar-refractivity contribution in [3.63, 3.8) is 0 Å². The smallest absolute Gasteiger partial charge is 0.128 e. The summed E-state index contributed by atoms with van der Waals surface area (Å²) in [6, 6.07) is 3.50. The number of rotatable bonds is 3. The number of nitrogens with zero attached hydrogens (tertiary/aromatic N) is 3. The van der Waals surface area contributed by atoms with Gasteiger partial charge in [0.25, 0.3) is 0 Å². The summed E-state index contributed by atoms with van der Waals surface area (Å²) in [5.74, 6) is 1.18. The number of pyridine rings is 1. The SMILES string of the molecule is Cc1cc(N2CCCC2)ncc1[C@H]1CCCCN1C(C)C. The molecule has 2 saturated heterocycles. The Bertz CT molecular complexity index is 477. The summed E-state index contributed by atoms with van der Waals surface area (Å²) in [7, 11) is 0. The summed E-state index contributed by atoms with van der Waals surface area (Å²) in [6.07, 6.45) is 8.75. The monoisotopic (exact) mass is 287 g/mol. The predicted octanol–water partition coefficient (Wildman–Crippen LogP) is 3.93. The number of likely N-dealkylation sites (tertiary alicyclic amines) is 1. The van der Waals surface area contributed by atoms with E-state index in [2.05, 4.69) is 42.8 Å². The molecule has 0 saturated carbocycles. The predicted molar refractivity (Wildman–Crippen MR) is 88.9 cm³/mol. The van der Waals surface area contributed by atoms with Crippen LogP contribution in [0.5, 0.6) is 0 Å². The van der Waals surface area contributed by atoms with Crippen molar-refractivity contribution in [3.05, 3.63) is 23.4 Å². The lowest BCUT2D eigenvalue weighted by atomic mass is 9.92. The van der Waals surface area contributed by atoms with Crippen LogP contribution in [0, 0.1) is 6.92 Å². The number of hydrogen-bond acceptors (Lipinski definition) is 3. The zero-order valence-corrected chi connectivity index (χ0v) is 13.8. The van der Waals surface area contributed by atoms with E-state index in [1.807, 2.05) is 0 Å². The minimum Gasteiger partial charge on any atom is -0.357 e. The van der Waals surface area contributed by atoms with Crippen LogP contribution in [0.3, 0.4) is 0 Å². The van der Waals surface area contributed by atoms with Crippen molar-refractivity contribution in [1.29, 1.82) is 0 Å². The Morgan fingerprint density at radius 3 is 2.48 bits per heavy atom. The molecule has 3 heteroatoms. The van der Waals surface area contributed by atoms with E-state index < -0.39 is 0 Å². The minimum atomic E-state index is 0.568. The molecule has 3 rings (SSSR count). The summed E-state index contributed by atoms with van der Waals surface area (Å²) >= 11 is 0. The fraction of sp³-hybridized carbons (Fsp3) is 0.722. The highest BCUT2D eigenvalue weighted by atomic mass is 15.2. The van der Waals surface area contributed by atoms with Crippen LogP contribution in [0.15, 0.2) is 12.3 Å². The average molecular weight is 287 g/mol. The van der Waals surface area contributed by atoms with Gasteiger partial charge in [0.2, 0.25) is 0 Å². The molecule has 0 radical (unpaired) electrons. The van der Waals surface area contributed by atoms with Crippen LogP contribution in [-0.4, -0.2) is 35.6 Å². The first-order valence-corrected chi connectivity index (χ1v) is 8.64. The summed E-state index contributed by atoms with van der Waals surface area (Å²) in [5, 5.41) is 0. The van der Waals surface area contributed by atoms with Crippen molar-refractivity contribution in [1.82, 2.24) is 9.88 Å². The van der Waals surface area contributed by atoms with Crippen LogP contribution < -0.4 is 4.90 Å². The highest BCUT2D eigenvalue weighted by Gasteiger charge is 2.27. The molecule has 1 aromatic rings. The van der Waals surface area contributed by atoms with E-state index in [9.17, 15) is 0 Å². The number of aryl methyl sites for hydroxylation is 1. The van der Waals surface area contributed by atoms with E-state index in [1.54, 1.807) is 0 Å². The Labute approximate surface area is 129 Å². The molecule has 2 aliphatic rings. The lowest BCUT2D eigenvalue weighted by molar-refractivity contribution is 0.111. The van der Waals surface area contributed by atoms with Gasteiger partial charge in [0.05, 0.1) is 0 Å². The normalized spacial score (nSPS) is 24.0. The first-order valence-electron chi connectivity index (χ1n) is 8.64. The summed E-state index contributed by atoms with van der Waals surface area (Å²) < 4.78 is 0. The Hall–Kier alpha value is -1.09. The van der Waals surface area contributed by atoms with Crippen LogP contribution in [0.25, 0.3) is 0 Å². The highest BCUT2D eigenvalue weighted by molar-refractivity contribution is 5.45. The van der Waals surface area contributed by atoms with Crippen LogP contribution in [0.4, 0.5) is 5.82 Å². The molecule has 2 aliphatic heterocycles. The van der Waals surface area contributed by atoms with Gasteiger partial charge in [-0.05, 0) is 70.2 Å². The first-order chi connectivity index (χ1) is 10.2. The van der Waals surface area contributed by atoms with E-state index in [0.29, 0.717) is 12.1 Å². The van der Waals surface area contributed by atoms with E-state index in [-0.39, 0.29) is 0 Å². The number of hydrogen-bond donors (Lipinski definition) is 0. The van der Waals surface area contributed by atoms with E-state index in [1.165, 1.54) is 68.7 Å². The van der Waals surface area contributed by atoms with Gasteiger partial charge >= 0.3 is 0 Å². The fourth-order valence-corrected chi connectivity index (χ4v) is 3.93. The van der Waals surface area contributed by atoms with E-state index >= 15 is 0 Å². The van der Waals surface area contributed by atoms with Gasteiger partial charge in [-0.1, -0.05) is 6.42 Å². The van der Waals surface area contributed by atoms with Gasteiger partial charge in [-0.2, -0.15) is 0 Å². The molecule has 3 heterocycles.